The Balaban J connectivity index is 0.000000600. The summed E-state index contributed by atoms with van der Waals surface area (Å²) in [5.74, 6) is -3.25. The number of carbonyl (C=O) groups excluding carboxylic acids is 3. The summed E-state index contributed by atoms with van der Waals surface area (Å²) in [6.07, 6.45) is -8.44. The van der Waals surface area contributed by atoms with E-state index < -0.39 is 55.2 Å². The summed E-state index contributed by atoms with van der Waals surface area (Å²) in [5, 5.41) is 2.47. The van der Waals surface area contributed by atoms with Gasteiger partial charge in [-0.1, -0.05) is 72.3 Å². The molecule has 11 heteroatoms. The van der Waals surface area contributed by atoms with Gasteiger partial charge < -0.3 is 20.7 Å². The van der Waals surface area contributed by atoms with Gasteiger partial charge in [0.25, 0.3) is 5.91 Å². The normalized spacial score (nSPS) is 16.5. The van der Waals surface area contributed by atoms with Crippen LogP contribution in [-0.4, -0.2) is 48.9 Å². The van der Waals surface area contributed by atoms with Crippen LogP contribution in [-0.2, 0) is 14.4 Å². The Labute approximate surface area is 241 Å². The Hall–Kier alpha value is -4.67. The van der Waals surface area contributed by atoms with Gasteiger partial charge in [-0.25, -0.2) is 4.99 Å². The topological polar surface area (TPSA) is 114 Å². The molecule has 8 nitrogen and oxygen atoms in total. The van der Waals surface area contributed by atoms with Crippen molar-refractivity contribution in [3.63, 3.8) is 0 Å². The van der Waals surface area contributed by atoms with Crippen LogP contribution in [0.1, 0.15) is 36.0 Å². The molecule has 2 atom stereocenters. The molecule has 3 aromatic carbocycles. The van der Waals surface area contributed by atoms with Crippen molar-refractivity contribution in [3.05, 3.63) is 95.6 Å². The highest BCUT2D eigenvalue weighted by Gasteiger charge is 2.38. The highest BCUT2D eigenvalue weighted by Crippen LogP contribution is 2.38. The number of amides is 3. The van der Waals surface area contributed by atoms with Gasteiger partial charge in [0.2, 0.25) is 18.0 Å². The highest BCUT2D eigenvalue weighted by molar-refractivity contribution is 6.21. The number of primary amides is 1. The summed E-state index contributed by atoms with van der Waals surface area (Å²) < 4.78 is 44.2. The van der Waals surface area contributed by atoms with E-state index in [1.165, 1.54) is 4.90 Å². The van der Waals surface area contributed by atoms with Crippen LogP contribution >= 0.6 is 0 Å². The Kier molecular flexibility index (Phi) is 9.61. The number of nitrogens with zero attached hydrogens (tertiary/aromatic N) is 2. The van der Waals surface area contributed by atoms with Crippen LogP contribution in [0, 0.1) is 12.8 Å². The van der Waals surface area contributed by atoms with Crippen molar-refractivity contribution in [2.45, 2.75) is 38.5 Å². The number of rotatable bonds is 7. The molecule has 0 aliphatic carbocycles. The molecule has 3 aromatic rings. The molecule has 220 valence electrons. The van der Waals surface area contributed by atoms with Crippen LogP contribution in [0.2, 0.25) is 0 Å². The molecule has 2 heterocycles. The summed E-state index contributed by atoms with van der Waals surface area (Å²) in [7, 11) is 0. The van der Waals surface area contributed by atoms with E-state index in [0.29, 0.717) is 28.3 Å². The van der Waals surface area contributed by atoms with E-state index in [9.17, 15) is 27.6 Å². The Morgan fingerprint density at radius 1 is 1.07 bits per heavy atom. The third kappa shape index (κ3) is 7.74. The largest absolute Gasteiger partial charge is 0.490 e. The number of benzene rings is 3. The van der Waals surface area contributed by atoms with Crippen molar-refractivity contribution in [2.75, 3.05) is 18.1 Å². The second-order valence-electron chi connectivity index (χ2n) is 9.92. The van der Waals surface area contributed by atoms with Crippen molar-refractivity contribution < 1.29 is 32.3 Å². The Morgan fingerprint density at radius 3 is 2.36 bits per heavy atom. The lowest BCUT2D eigenvalue weighted by molar-refractivity contribution is -0.143. The molecule has 0 saturated heterocycles. The number of hydrogen-bond donors (Lipinski definition) is 2. The van der Waals surface area contributed by atoms with Gasteiger partial charge in [0.1, 0.15) is 12.4 Å². The van der Waals surface area contributed by atoms with Gasteiger partial charge >= 0.3 is 6.18 Å². The molecule has 3 amide bonds. The van der Waals surface area contributed by atoms with Crippen LogP contribution in [0.25, 0.3) is 0 Å². The minimum atomic E-state index is -4.52. The highest BCUT2D eigenvalue weighted by atomic mass is 19.4. The van der Waals surface area contributed by atoms with Crippen LogP contribution in [0.3, 0.4) is 0 Å². The van der Waals surface area contributed by atoms with E-state index in [4.69, 9.17) is 10.5 Å². The molecule has 2 aliphatic rings. The maximum absolute atomic E-state index is 13.5. The number of para-hydroxylation sites is 1. The van der Waals surface area contributed by atoms with Crippen molar-refractivity contribution in [3.8, 4) is 5.75 Å². The van der Waals surface area contributed by atoms with Crippen molar-refractivity contribution in [1.82, 2.24) is 5.32 Å². The van der Waals surface area contributed by atoms with Crippen LogP contribution < -0.4 is 20.7 Å². The number of nitrogens with two attached hydrogens (primary N) is 1. The van der Waals surface area contributed by atoms with Gasteiger partial charge in [0, 0.05) is 29.9 Å². The average molecular weight is 581 g/mol. The lowest BCUT2D eigenvalue weighted by Crippen LogP contribution is -2.51. The summed E-state index contributed by atoms with van der Waals surface area (Å²) in [6, 6.07) is 24.7. The zero-order chi connectivity index (χ0) is 30.3. The van der Waals surface area contributed by atoms with Crippen molar-refractivity contribution in [1.29, 1.82) is 0 Å². The van der Waals surface area contributed by atoms with Gasteiger partial charge in [0.05, 0.1) is 17.9 Å². The maximum atomic E-state index is 13.5. The van der Waals surface area contributed by atoms with E-state index in [-0.39, 0.29) is 13.2 Å². The first-order valence-electron chi connectivity index (χ1n) is 13.4. The SMILES string of the molecule is Cc1cccc(C2=NC(NC(=O)C(CCC(F)(F)F)CC(N)=O)C(=O)N3CCOc4cccc2c43)c1.c1ccccc1. The van der Waals surface area contributed by atoms with Crippen LogP contribution in [0.5, 0.6) is 5.75 Å². The fraction of sp³-hybridized carbons (Fsp3) is 0.290. The first-order valence-corrected chi connectivity index (χ1v) is 13.4. The molecule has 42 heavy (non-hydrogen) atoms. The molecule has 2 unspecified atom stereocenters. The second-order valence-corrected chi connectivity index (χ2v) is 9.92. The fourth-order valence-corrected chi connectivity index (χ4v) is 4.75. The number of ether oxygens (including phenoxy) is 1. The summed E-state index contributed by atoms with van der Waals surface area (Å²) in [6.45, 7) is 2.32. The standard InChI is InChI=1S/C25H25F3N4O4.C6H6/c1-14-4-2-5-15(12-14)20-17-6-3-7-18-21(17)32(10-11-36-18)24(35)22(30-20)31-23(34)16(13-19(29)33)8-9-25(26,27)28;1-2-4-6-5-3-1/h2-7,12,16,22H,8-11,13H2,1H3,(H2,29,33)(H,31,34);1-6H. The number of hydrogen-bond acceptors (Lipinski definition) is 5. The first-order chi connectivity index (χ1) is 20.0. The summed E-state index contributed by atoms with van der Waals surface area (Å²) in [4.78, 5) is 44.1. The molecule has 3 N–H and O–H groups in total. The number of aryl methyl sites for hydroxylation is 1. The molecule has 2 aliphatic heterocycles. The number of nitrogens with one attached hydrogen (secondary N) is 1. The Morgan fingerprint density at radius 2 is 1.74 bits per heavy atom. The molecular formula is C31H31F3N4O4. The second kappa shape index (κ2) is 13.3. The smallest absolute Gasteiger partial charge is 0.389 e. The number of carbonyl (C=O) groups is 3. The van der Waals surface area contributed by atoms with Crippen molar-refractivity contribution in [2.24, 2.45) is 16.6 Å². The molecule has 0 bridgehead atoms. The zero-order valence-electron chi connectivity index (χ0n) is 22.9. The minimum absolute atomic E-state index is 0.199. The molecule has 0 saturated carbocycles. The summed E-state index contributed by atoms with van der Waals surface area (Å²) >= 11 is 0. The predicted octanol–water partition coefficient (Wildman–Crippen LogP) is 4.53. The van der Waals surface area contributed by atoms with Gasteiger partial charge in [-0.2, -0.15) is 13.2 Å². The lowest BCUT2D eigenvalue weighted by Gasteiger charge is -2.31. The van der Waals surface area contributed by atoms with Gasteiger partial charge in [-0.05, 0) is 25.5 Å². The molecule has 0 fully saturated rings. The number of halogens is 3. The van der Waals surface area contributed by atoms with Crippen LogP contribution in [0.15, 0.2) is 83.9 Å². The first kappa shape index (κ1) is 30.3. The predicted molar refractivity (Wildman–Crippen MR) is 152 cm³/mol. The summed E-state index contributed by atoms with van der Waals surface area (Å²) in [5.41, 5.74) is 8.36. The van der Waals surface area contributed by atoms with E-state index in [2.05, 4.69) is 10.3 Å². The maximum Gasteiger partial charge on any atom is 0.389 e. The quantitative estimate of drug-likeness (QED) is 0.427. The molecule has 5 rings (SSSR count). The van der Waals surface area contributed by atoms with E-state index in [0.717, 1.165) is 5.56 Å². The molecule has 0 radical (unpaired) electrons. The third-order valence-electron chi connectivity index (χ3n) is 6.69. The third-order valence-corrected chi connectivity index (χ3v) is 6.69. The van der Waals surface area contributed by atoms with Gasteiger partial charge in [-0.3, -0.25) is 14.4 Å². The number of aliphatic imine (C=N–C) groups is 1. The number of anilines is 1. The van der Waals surface area contributed by atoms with E-state index in [1.54, 1.807) is 18.2 Å². The van der Waals surface area contributed by atoms with E-state index >= 15 is 0 Å². The van der Waals surface area contributed by atoms with Crippen molar-refractivity contribution >= 4 is 29.1 Å². The number of alkyl halides is 3. The molecular weight excluding hydrogens is 549 g/mol. The Bertz CT molecular complexity index is 1430. The van der Waals surface area contributed by atoms with Gasteiger partial charge in [-0.15, -0.1) is 0 Å². The minimum Gasteiger partial charge on any atom is -0.490 e. The van der Waals surface area contributed by atoms with Gasteiger partial charge in [0.15, 0.2) is 0 Å². The van der Waals surface area contributed by atoms with E-state index in [1.807, 2.05) is 67.6 Å². The monoisotopic (exact) mass is 580 g/mol. The average Bonchev–Trinajstić information content (AvgIpc) is 3.08. The molecule has 0 spiro atoms. The fourth-order valence-electron chi connectivity index (χ4n) is 4.75. The molecule has 0 aromatic heterocycles. The van der Waals surface area contributed by atoms with Crippen LogP contribution in [0.4, 0.5) is 18.9 Å². The lowest BCUT2D eigenvalue weighted by atomic mass is 9.97. The zero-order valence-corrected chi connectivity index (χ0v) is 22.9.